The Bertz CT molecular complexity index is 215. The number of hydrogen-bond donors (Lipinski definition) is 1. The van der Waals surface area contributed by atoms with Crippen molar-refractivity contribution in [3.63, 3.8) is 0 Å². The molecule has 0 aromatic carbocycles. The summed E-state index contributed by atoms with van der Waals surface area (Å²) in [6.45, 7) is 1.95. The maximum Gasteiger partial charge on any atom is 0.180 e. The summed E-state index contributed by atoms with van der Waals surface area (Å²) in [5.74, 6) is 0. The fourth-order valence-electron chi connectivity index (χ4n) is 0.548. The molecule has 2 N–H and O–H groups in total. The molecule has 0 spiro atoms. The van der Waals surface area contributed by atoms with E-state index in [1.54, 1.807) is 0 Å². The number of rotatable bonds is 1. The van der Waals surface area contributed by atoms with Crippen molar-refractivity contribution in [2.24, 2.45) is 0 Å². The second-order valence-corrected chi connectivity index (χ2v) is 2.50. The molecule has 9 heavy (non-hydrogen) atoms. The van der Waals surface area contributed by atoms with Crippen molar-refractivity contribution >= 4 is 22.5 Å². The highest BCUT2D eigenvalue weighted by Crippen LogP contribution is 2.11. The molecule has 0 aliphatic carbocycles. The van der Waals surface area contributed by atoms with Crippen LogP contribution in [0.3, 0.4) is 0 Å². The van der Waals surface area contributed by atoms with Crippen LogP contribution in [0.4, 0.5) is 5.13 Å². The minimum Gasteiger partial charge on any atom is -0.375 e. The highest BCUT2D eigenvalue weighted by molar-refractivity contribution is 7.13. The van der Waals surface area contributed by atoms with Crippen LogP contribution in [0.2, 0.25) is 0 Å². The van der Waals surface area contributed by atoms with Crippen molar-refractivity contribution in [2.45, 2.75) is 6.92 Å². The summed E-state index contributed by atoms with van der Waals surface area (Å²) in [4.78, 5) is 4.01. The smallest absolute Gasteiger partial charge is 0.180 e. The predicted molar refractivity (Wildman–Crippen MR) is 41.2 cm³/mol. The number of hydrogen-bond acceptors (Lipinski definition) is 3. The zero-order chi connectivity index (χ0) is 6.69. The molecule has 0 radical (unpaired) electrons. The van der Waals surface area contributed by atoms with Gasteiger partial charge in [-0.1, -0.05) is 6.08 Å². The van der Waals surface area contributed by atoms with Crippen LogP contribution in [-0.2, 0) is 0 Å². The van der Waals surface area contributed by atoms with Gasteiger partial charge in [0.25, 0.3) is 0 Å². The molecule has 0 saturated heterocycles. The molecule has 48 valence electrons. The van der Waals surface area contributed by atoms with Gasteiger partial charge in [0.1, 0.15) is 0 Å². The Labute approximate surface area is 58.0 Å². The van der Waals surface area contributed by atoms with Gasteiger partial charge in [-0.05, 0) is 13.0 Å². The molecular weight excluding hydrogens is 132 g/mol. The van der Waals surface area contributed by atoms with Crippen LogP contribution >= 0.6 is 11.3 Å². The Kier molecular flexibility index (Phi) is 1.85. The first kappa shape index (κ1) is 6.29. The van der Waals surface area contributed by atoms with E-state index in [1.807, 2.05) is 24.5 Å². The lowest BCUT2D eigenvalue weighted by Crippen LogP contribution is -1.80. The van der Waals surface area contributed by atoms with Gasteiger partial charge < -0.3 is 5.73 Å². The van der Waals surface area contributed by atoms with E-state index in [2.05, 4.69) is 4.98 Å². The van der Waals surface area contributed by atoms with E-state index in [9.17, 15) is 0 Å². The number of allylic oxidation sites excluding steroid dienone is 1. The van der Waals surface area contributed by atoms with E-state index < -0.39 is 0 Å². The number of nitrogen functional groups attached to an aromatic ring is 1. The molecule has 3 heteroatoms. The molecule has 1 heterocycles. The molecule has 0 aliphatic heterocycles. The molecule has 1 aromatic rings. The molecular formula is C6H8N2S. The third-order valence-corrected chi connectivity index (χ3v) is 1.57. The number of anilines is 1. The largest absolute Gasteiger partial charge is 0.375 e. The predicted octanol–water partition coefficient (Wildman–Crippen LogP) is 1.76. The SMILES string of the molecule is C/C=C\c1csc(N)n1. The zero-order valence-electron chi connectivity index (χ0n) is 5.16. The van der Waals surface area contributed by atoms with Crippen molar-refractivity contribution < 1.29 is 0 Å². The second kappa shape index (κ2) is 2.64. The van der Waals surface area contributed by atoms with Gasteiger partial charge >= 0.3 is 0 Å². The van der Waals surface area contributed by atoms with Gasteiger partial charge in [0.05, 0.1) is 5.69 Å². The molecule has 0 unspecified atom stereocenters. The minimum absolute atomic E-state index is 0.628. The van der Waals surface area contributed by atoms with Gasteiger partial charge in [0, 0.05) is 5.38 Å². The molecule has 0 bridgehead atoms. The van der Waals surface area contributed by atoms with Crippen molar-refractivity contribution in [3.05, 3.63) is 17.2 Å². The standard InChI is InChI=1S/C6H8N2S/c1-2-3-5-4-9-6(7)8-5/h2-4H,1H3,(H2,7,8)/b3-2-. The fourth-order valence-corrected chi connectivity index (χ4v) is 1.08. The monoisotopic (exact) mass is 140 g/mol. The third-order valence-electron chi connectivity index (χ3n) is 0.877. The second-order valence-electron chi connectivity index (χ2n) is 1.61. The number of aromatic nitrogens is 1. The van der Waals surface area contributed by atoms with Crippen LogP contribution in [0.5, 0.6) is 0 Å². The Hall–Kier alpha value is -0.830. The van der Waals surface area contributed by atoms with Gasteiger partial charge in [-0.2, -0.15) is 0 Å². The molecule has 0 aliphatic rings. The quantitative estimate of drug-likeness (QED) is 0.645. The van der Waals surface area contributed by atoms with Crippen LogP contribution in [0.15, 0.2) is 11.5 Å². The van der Waals surface area contributed by atoms with Gasteiger partial charge in [-0.15, -0.1) is 11.3 Å². The molecule has 1 aromatic heterocycles. The minimum atomic E-state index is 0.628. The van der Waals surface area contributed by atoms with E-state index in [0.29, 0.717) is 5.13 Å². The van der Waals surface area contributed by atoms with Crippen LogP contribution in [-0.4, -0.2) is 4.98 Å². The van der Waals surface area contributed by atoms with Crippen molar-refractivity contribution in [1.29, 1.82) is 0 Å². The van der Waals surface area contributed by atoms with E-state index >= 15 is 0 Å². The summed E-state index contributed by atoms with van der Waals surface area (Å²) in [5, 5.41) is 2.55. The van der Waals surface area contributed by atoms with E-state index in [4.69, 9.17) is 5.73 Å². The fraction of sp³-hybridized carbons (Fsp3) is 0.167. The summed E-state index contributed by atoms with van der Waals surface area (Å²) in [6, 6.07) is 0. The number of nitrogens with two attached hydrogens (primary N) is 1. The van der Waals surface area contributed by atoms with Crippen LogP contribution < -0.4 is 5.73 Å². The van der Waals surface area contributed by atoms with Crippen molar-refractivity contribution in [3.8, 4) is 0 Å². The van der Waals surface area contributed by atoms with E-state index in [1.165, 1.54) is 11.3 Å². The zero-order valence-corrected chi connectivity index (χ0v) is 5.98. The maximum atomic E-state index is 5.38. The average molecular weight is 140 g/mol. The van der Waals surface area contributed by atoms with E-state index in [0.717, 1.165) is 5.69 Å². The summed E-state index contributed by atoms with van der Waals surface area (Å²) >= 11 is 1.46. The first-order chi connectivity index (χ1) is 4.33. The summed E-state index contributed by atoms with van der Waals surface area (Å²) in [7, 11) is 0. The summed E-state index contributed by atoms with van der Waals surface area (Å²) in [5.41, 5.74) is 6.33. The maximum absolute atomic E-state index is 5.38. The first-order valence-electron chi connectivity index (χ1n) is 2.66. The Morgan fingerprint density at radius 3 is 3.00 bits per heavy atom. The highest BCUT2D eigenvalue weighted by atomic mass is 32.1. The normalized spacial score (nSPS) is 10.8. The van der Waals surface area contributed by atoms with Gasteiger partial charge in [0.15, 0.2) is 5.13 Å². The molecule has 1 rings (SSSR count). The number of thiazole rings is 1. The van der Waals surface area contributed by atoms with Crippen LogP contribution in [0, 0.1) is 0 Å². The third kappa shape index (κ3) is 1.54. The van der Waals surface area contributed by atoms with Crippen molar-refractivity contribution in [1.82, 2.24) is 4.98 Å². The Morgan fingerprint density at radius 2 is 2.56 bits per heavy atom. The lowest BCUT2D eigenvalue weighted by molar-refractivity contribution is 1.38. The van der Waals surface area contributed by atoms with Crippen LogP contribution in [0.25, 0.3) is 6.08 Å². The Balaban J connectivity index is 2.85. The topological polar surface area (TPSA) is 38.9 Å². The first-order valence-corrected chi connectivity index (χ1v) is 3.54. The van der Waals surface area contributed by atoms with Gasteiger partial charge in [0.2, 0.25) is 0 Å². The van der Waals surface area contributed by atoms with E-state index in [-0.39, 0.29) is 0 Å². The average Bonchev–Trinajstić information content (AvgIpc) is 2.17. The molecule has 0 fully saturated rings. The summed E-state index contributed by atoms with van der Waals surface area (Å²) in [6.07, 6.45) is 3.86. The molecule has 0 atom stereocenters. The van der Waals surface area contributed by atoms with Gasteiger partial charge in [-0.25, -0.2) is 4.98 Å². The lowest BCUT2D eigenvalue weighted by Gasteiger charge is -1.76. The highest BCUT2D eigenvalue weighted by Gasteiger charge is 1.90. The van der Waals surface area contributed by atoms with Crippen molar-refractivity contribution in [2.75, 3.05) is 5.73 Å². The van der Waals surface area contributed by atoms with Crippen LogP contribution in [0.1, 0.15) is 12.6 Å². The number of nitrogens with zero attached hydrogens (tertiary/aromatic N) is 1. The lowest BCUT2D eigenvalue weighted by atomic mass is 10.4. The molecule has 0 amide bonds. The van der Waals surface area contributed by atoms with Gasteiger partial charge in [-0.3, -0.25) is 0 Å². The Morgan fingerprint density at radius 1 is 1.78 bits per heavy atom. The molecule has 0 saturated carbocycles. The molecule has 2 nitrogen and oxygen atoms in total. The summed E-state index contributed by atoms with van der Waals surface area (Å²) < 4.78 is 0.